The maximum Gasteiger partial charge on any atom is 0.240 e. The summed E-state index contributed by atoms with van der Waals surface area (Å²) in [6, 6.07) is 1.66. The third-order valence-electron chi connectivity index (χ3n) is 2.11. The van der Waals surface area contributed by atoms with E-state index in [9.17, 15) is 4.79 Å². The molecule has 0 saturated heterocycles. The predicted octanol–water partition coefficient (Wildman–Crippen LogP) is 0.423. The lowest BCUT2D eigenvalue weighted by Gasteiger charge is -2.21. The number of amides is 1. The fourth-order valence-electron chi connectivity index (χ4n) is 0.719. The third-order valence-corrected chi connectivity index (χ3v) is 2.11. The average molecular weight is 184 g/mol. The first kappa shape index (κ1) is 11.9. The highest BCUT2D eigenvalue weighted by Crippen LogP contribution is 2.19. The Hall–Kier alpha value is -1.08. The van der Waals surface area contributed by atoms with Crippen molar-refractivity contribution in [2.75, 3.05) is 6.61 Å². The van der Waals surface area contributed by atoms with Crippen LogP contribution in [0.15, 0.2) is 0 Å². The minimum atomic E-state index is -0.983. The van der Waals surface area contributed by atoms with E-state index in [1.165, 1.54) is 0 Å². The molecule has 4 nitrogen and oxygen atoms in total. The van der Waals surface area contributed by atoms with Crippen molar-refractivity contribution in [3.05, 3.63) is 0 Å². The molecule has 13 heavy (non-hydrogen) atoms. The highest BCUT2D eigenvalue weighted by Gasteiger charge is 2.31. The van der Waals surface area contributed by atoms with E-state index >= 15 is 0 Å². The fraction of sp³-hybridized carbons (Fsp3) is 0.778. The van der Waals surface area contributed by atoms with Gasteiger partial charge in [-0.15, -0.1) is 0 Å². The van der Waals surface area contributed by atoms with Crippen LogP contribution in [-0.2, 0) is 4.79 Å². The van der Waals surface area contributed by atoms with E-state index in [4.69, 9.17) is 10.4 Å². The summed E-state index contributed by atoms with van der Waals surface area (Å²) in [5.41, 5.74) is -0.983. The summed E-state index contributed by atoms with van der Waals surface area (Å²) in [7, 11) is 0. The Labute approximate surface area is 78.6 Å². The van der Waals surface area contributed by atoms with Crippen LogP contribution < -0.4 is 5.32 Å². The van der Waals surface area contributed by atoms with Crippen LogP contribution in [0.4, 0.5) is 0 Å². The number of hydrogen-bond donors (Lipinski definition) is 2. The Balaban J connectivity index is 4.34. The first-order valence-corrected chi connectivity index (χ1v) is 4.33. The molecule has 2 atom stereocenters. The quantitative estimate of drug-likeness (QED) is 0.665. The fourth-order valence-corrected chi connectivity index (χ4v) is 0.719. The molecule has 0 saturated carbocycles. The van der Waals surface area contributed by atoms with E-state index < -0.39 is 5.41 Å². The molecule has 0 radical (unpaired) electrons. The second-order valence-electron chi connectivity index (χ2n) is 3.35. The van der Waals surface area contributed by atoms with Gasteiger partial charge in [0.05, 0.1) is 12.7 Å². The third kappa shape index (κ3) is 3.03. The standard InChI is InChI=1S/C9H16N2O2/c1-4-9(3,6-10)8(13)11-7(2)5-12/h7,12H,4-5H2,1-3H3,(H,11,13). The van der Waals surface area contributed by atoms with Crippen LogP contribution in [0, 0.1) is 16.7 Å². The molecule has 4 heteroatoms. The van der Waals surface area contributed by atoms with Gasteiger partial charge in [-0.1, -0.05) is 6.92 Å². The van der Waals surface area contributed by atoms with Gasteiger partial charge in [0.25, 0.3) is 0 Å². The van der Waals surface area contributed by atoms with Crippen LogP contribution >= 0.6 is 0 Å². The molecule has 2 unspecified atom stereocenters. The number of aliphatic hydroxyl groups excluding tert-OH is 1. The van der Waals surface area contributed by atoms with Gasteiger partial charge in [0.1, 0.15) is 5.41 Å². The van der Waals surface area contributed by atoms with Gasteiger partial charge in [0.15, 0.2) is 0 Å². The summed E-state index contributed by atoms with van der Waals surface area (Å²) in [5, 5.41) is 20.0. The molecular formula is C9H16N2O2. The Kier molecular flexibility index (Phi) is 4.43. The van der Waals surface area contributed by atoms with Crippen molar-refractivity contribution in [3.8, 4) is 6.07 Å². The van der Waals surface area contributed by atoms with Gasteiger partial charge < -0.3 is 10.4 Å². The van der Waals surface area contributed by atoms with Gasteiger partial charge in [-0.2, -0.15) is 5.26 Å². The van der Waals surface area contributed by atoms with Gasteiger partial charge in [0, 0.05) is 6.04 Å². The molecule has 0 aromatic carbocycles. The molecule has 0 spiro atoms. The smallest absolute Gasteiger partial charge is 0.240 e. The Morgan fingerprint density at radius 2 is 2.31 bits per heavy atom. The number of carbonyl (C=O) groups excluding carboxylic acids is 1. The lowest BCUT2D eigenvalue weighted by Crippen LogP contribution is -2.43. The van der Waals surface area contributed by atoms with Crippen molar-refractivity contribution in [1.29, 1.82) is 5.26 Å². The number of nitrogens with zero attached hydrogens (tertiary/aromatic N) is 1. The van der Waals surface area contributed by atoms with Crippen LogP contribution in [0.5, 0.6) is 0 Å². The lowest BCUT2D eigenvalue weighted by atomic mass is 9.88. The Morgan fingerprint density at radius 3 is 2.62 bits per heavy atom. The zero-order valence-corrected chi connectivity index (χ0v) is 8.29. The molecule has 0 aromatic rings. The minimum Gasteiger partial charge on any atom is -0.394 e. The molecule has 1 amide bonds. The summed E-state index contributed by atoms with van der Waals surface area (Å²) in [4.78, 5) is 11.5. The second kappa shape index (κ2) is 4.83. The van der Waals surface area contributed by atoms with Crippen molar-refractivity contribution in [2.24, 2.45) is 5.41 Å². The predicted molar refractivity (Wildman–Crippen MR) is 48.7 cm³/mol. The summed E-state index contributed by atoms with van der Waals surface area (Å²) >= 11 is 0. The Morgan fingerprint density at radius 1 is 1.77 bits per heavy atom. The molecule has 0 aliphatic heterocycles. The largest absolute Gasteiger partial charge is 0.394 e. The summed E-state index contributed by atoms with van der Waals surface area (Å²) in [5.74, 6) is -0.320. The van der Waals surface area contributed by atoms with E-state index in [-0.39, 0.29) is 18.6 Å². The number of nitriles is 1. The van der Waals surface area contributed by atoms with Crippen LogP contribution in [0.25, 0.3) is 0 Å². The number of aliphatic hydroxyl groups is 1. The molecule has 0 heterocycles. The lowest BCUT2D eigenvalue weighted by molar-refractivity contribution is -0.128. The van der Waals surface area contributed by atoms with Crippen LogP contribution in [0.2, 0.25) is 0 Å². The van der Waals surface area contributed by atoms with Gasteiger partial charge >= 0.3 is 0 Å². The molecule has 0 aliphatic rings. The zero-order valence-electron chi connectivity index (χ0n) is 8.29. The second-order valence-corrected chi connectivity index (χ2v) is 3.35. The van der Waals surface area contributed by atoms with Gasteiger partial charge in [-0.05, 0) is 20.3 Å². The number of nitrogens with one attached hydrogen (secondary N) is 1. The molecule has 0 aliphatic carbocycles. The molecule has 74 valence electrons. The van der Waals surface area contributed by atoms with E-state index in [2.05, 4.69) is 5.32 Å². The number of hydrogen-bond acceptors (Lipinski definition) is 3. The van der Waals surface area contributed by atoms with Crippen molar-refractivity contribution in [2.45, 2.75) is 33.2 Å². The van der Waals surface area contributed by atoms with Gasteiger partial charge in [0.2, 0.25) is 5.91 Å². The van der Waals surface area contributed by atoms with Crippen LogP contribution in [0.1, 0.15) is 27.2 Å². The highest BCUT2D eigenvalue weighted by molar-refractivity contribution is 5.85. The van der Waals surface area contributed by atoms with Crippen molar-refractivity contribution < 1.29 is 9.90 Å². The van der Waals surface area contributed by atoms with Crippen molar-refractivity contribution >= 4 is 5.91 Å². The Bertz CT molecular complexity index is 222. The van der Waals surface area contributed by atoms with Crippen molar-refractivity contribution in [3.63, 3.8) is 0 Å². The van der Waals surface area contributed by atoms with Gasteiger partial charge in [-0.3, -0.25) is 4.79 Å². The molecule has 0 fully saturated rings. The highest BCUT2D eigenvalue weighted by atomic mass is 16.3. The molecule has 0 bridgehead atoms. The molecule has 2 N–H and O–H groups in total. The topological polar surface area (TPSA) is 73.1 Å². The first-order valence-electron chi connectivity index (χ1n) is 4.33. The minimum absolute atomic E-state index is 0.114. The maximum absolute atomic E-state index is 11.5. The first-order chi connectivity index (χ1) is 6.00. The van der Waals surface area contributed by atoms with Crippen LogP contribution in [0.3, 0.4) is 0 Å². The van der Waals surface area contributed by atoms with E-state index in [0.717, 1.165) is 0 Å². The summed E-state index contributed by atoms with van der Waals surface area (Å²) < 4.78 is 0. The SMILES string of the molecule is CCC(C)(C#N)C(=O)NC(C)CO. The van der Waals surface area contributed by atoms with Crippen molar-refractivity contribution in [1.82, 2.24) is 5.32 Å². The average Bonchev–Trinajstić information content (AvgIpc) is 2.16. The monoisotopic (exact) mass is 184 g/mol. The molecular weight excluding hydrogens is 168 g/mol. The van der Waals surface area contributed by atoms with Crippen LogP contribution in [-0.4, -0.2) is 23.7 Å². The van der Waals surface area contributed by atoms with E-state index in [1.54, 1.807) is 20.8 Å². The normalized spacial score (nSPS) is 16.8. The van der Waals surface area contributed by atoms with Gasteiger partial charge in [-0.25, -0.2) is 0 Å². The van der Waals surface area contributed by atoms with E-state index in [0.29, 0.717) is 6.42 Å². The van der Waals surface area contributed by atoms with E-state index in [1.807, 2.05) is 6.07 Å². The number of rotatable bonds is 4. The zero-order chi connectivity index (χ0) is 10.5. The molecule has 0 aromatic heterocycles. The maximum atomic E-state index is 11.5. The summed E-state index contributed by atoms with van der Waals surface area (Å²) in [6.07, 6.45) is 0.466. The molecule has 0 rings (SSSR count). The summed E-state index contributed by atoms with van der Waals surface area (Å²) in [6.45, 7) is 4.95. The number of carbonyl (C=O) groups is 1.